The topological polar surface area (TPSA) is 37.9 Å². The first-order valence-corrected chi connectivity index (χ1v) is 5.91. The lowest BCUT2D eigenvalue weighted by atomic mass is 10.1. The predicted molar refractivity (Wildman–Crippen MR) is 65.2 cm³/mol. The van der Waals surface area contributed by atoms with E-state index in [0.717, 1.165) is 28.0 Å². The number of hydrogen-bond donors (Lipinski definition) is 1. The zero-order valence-corrected chi connectivity index (χ0v) is 9.54. The van der Waals surface area contributed by atoms with Crippen molar-refractivity contribution in [2.45, 2.75) is 6.92 Å². The number of benzene rings is 1. The number of aryl methyl sites for hydroxylation is 1. The zero-order chi connectivity index (χ0) is 11.0. The minimum Gasteiger partial charge on any atom is -0.455 e. The average molecular weight is 230 g/mol. The standard InChI is InChI=1S/C12H10N2OS/c1-8-2-3-11-10(6-13-14-11)12(8)15-9-4-5-16-7-9/h2-7H,1H3,(H,13,14). The Bertz CT molecular complexity index is 613. The Morgan fingerprint density at radius 2 is 2.25 bits per heavy atom. The SMILES string of the molecule is Cc1ccc2[nH]ncc2c1Oc1ccsc1. The monoisotopic (exact) mass is 230 g/mol. The fourth-order valence-electron chi connectivity index (χ4n) is 1.66. The molecule has 0 amide bonds. The van der Waals surface area contributed by atoms with Gasteiger partial charge in [0.1, 0.15) is 11.5 Å². The highest BCUT2D eigenvalue weighted by Crippen LogP contribution is 2.32. The maximum atomic E-state index is 5.87. The summed E-state index contributed by atoms with van der Waals surface area (Å²) in [4.78, 5) is 0. The lowest BCUT2D eigenvalue weighted by molar-refractivity contribution is 0.487. The second-order valence-electron chi connectivity index (χ2n) is 3.60. The largest absolute Gasteiger partial charge is 0.455 e. The molecular formula is C12H10N2OS. The first-order valence-electron chi connectivity index (χ1n) is 4.97. The summed E-state index contributed by atoms with van der Waals surface area (Å²) in [5, 5.41) is 12.0. The lowest BCUT2D eigenvalue weighted by Gasteiger charge is -2.07. The van der Waals surface area contributed by atoms with E-state index in [1.165, 1.54) is 0 Å². The molecule has 1 aromatic carbocycles. The molecule has 0 aliphatic heterocycles. The molecule has 2 heterocycles. The molecule has 16 heavy (non-hydrogen) atoms. The van der Waals surface area contributed by atoms with E-state index in [4.69, 9.17) is 4.74 Å². The number of rotatable bonds is 2. The fourth-order valence-corrected chi connectivity index (χ4v) is 2.22. The van der Waals surface area contributed by atoms with Crippen molar-refractivity contribution in [3.05, 3.63) is 40.7 Å². The van der Waals surface area contributed by atoms with Gasteiger partial charge in [-0.1, -0.05) is 6.07 Å². The fraction of sp³-hybridized carbons (Fsp3) is 0.0833. The normalized spacial score (nSPS) is 10.8. The van der Waals surface area contributed by atoms with Crippen molar-refractivity contribution in [3.8, 4) is 11.5 Å². The predicted octanol–water partition coefficient (Wildman–Crippen LogP) is 3.73. The molecule has 0 aliphatic rings. The third-order valence-corrected chi connectivity index (χ3v) is 3.15. The highest BCUT2D eigenvalue weighted by Gasteiger charge is 2.08. The van der Waals surface area contributed by atoms with Crippen LogP contribution in [0.4, 0.5) is 0 Å². The van der Waals surface area contributed by atoms with Gasteiger partial charge in [0.15, 0.2) is 0 Å². The molecule has 80 valence electrons. The van der Waals surface area contributed by atoms with Crippen molar-refractivity contribution < 1.29 is 4.74 Å². The van der Waals surface area contributed by atoms with Gasteiger partial charge in [-0.05, 0) is 30.0 Å². The molecule has 0 spiro atoms. The van der Waals surface area contributed by atoms with Crippen molar-refractivity contribution >= 4 is 22.2 Å². The molecule has 0 radical (unpaired) electrons. The van der Waals surface area contributed by atoms with Crippen LogP contribution in [0.5, 0.6) is 11.5 Å². The number of aromatic nitrogens is 2. The summed E-state index contributed by atoms with van der Waals surface area (Å²) in [6.45, 7) is 2.04. The smallest absolute Gasteiger partial charge is 0.141 e. The number of fused-ring (bicyclic) bond motifs is 1. The van der Waals surface area contributed by atoms with Crippen LogP contribution in [0.15, 0.2) is 35.2 Å². The Morgan fingerprint density at radius 1 is 1.31 bits per heavy atom. The first kappa shape index (κ1) is 9.42. The second kappa shape index (κ2) is 3.64. The molecule has 3 aromatic rings. The molecular weight excluding hydrogens is 220 g/mol. The summed E-state index contributed by atoms with van der Waals surface area (Å²) in [5.41, 5.74) is 2.11. The van der Waals surface area contributed by atoms with Crippen LogP contribution in [-0.4, -0.2) is 10.2 Å². The van der Waals surface area contributed by atoms with Crippen LogP contribution in [0.2, 0.25) is 0 Å². The van der Waals surface area contributed by atoms with Gasteiger partial charge in [-0.2, -0.15) is 5.10 Å². The van der Waals surface area contributed by atoms with Gasteiger partial charge in [-0.15, -0.1) is 11.3 Å². The van der Waals surface area contributed by atoms with Gasteiger partial charge in [-0.3, -0.25) is 5.10 Å². The van der Waals surface area contributed by atoms with Gasteiger partial charge in [0.25, 0.3) is 0 Å². The molecule has 4 heteroatoms. The van der Waals surface area contributed by atoms with Crippen molar-refractivity contribution in [2.75, 3.05) is 0 Å². The summed E-state index contributed by atoms with van der Waals surface area (Å²) in [7, 11) is 0. The highest BCUT2D eigenvalue weighted by atomic mass is 32.1. The Labute approximate surface area is 96.7 Å². The van der Waals surface area contributed by atoms with Crippen LogP contribution >= 0.6 is 11.3 Å². The number of H-pyrrole nitrogens is 1. The molecule has 0 aliphatic carbocycles. The highest BCUT2D eigenvalue weighted by molar-refractivity contribution is 7.08. The van der Waals surface area contributed by atoms with E-state index in [9.17, 15) is 0 Å². The average Bonchev–Trinajstić information content (AvgIpc) is 2.92. The van der Waals surface area contributed by atoms with Crippen LogP contribution < -0.4 is 4.74 Å². The maximum Gasteiger partial charge on any atom is 0.141 e. The van der Waals surface area contributed by atoms with E-state index in [2.05, 4.69) is 10.2 Å². The molecule has 2 aromatic heterocycles. The lowest BCUT2D eigenvalue weighted by Crippen LogP contribution is -1.86. The third-order valence-electron chi connectivity index (χ3n) is 2.49. The quantitative estimate of drug-likeness (QED) is 0.728. The van der Waals surface area contributed by atoms with E-state index < -0.39 is 0 Å². The summed E-state index contributed by atoms with van der Waals surface area (Å²) in [6.07, 6.45) is 1.80. The van der Waals surface area contributed by atoms with E-state index >= 15 is 0 Å². The number of hydrogen-bond acceptors (Lipinski definition) is 3. The Hall–Kier alpha value is -1.81. The zero-order valence-electron chi connectivity index (χ0n) is 8.73. The van der Waals surface area contributed by atoms with Gasteiger partial charge in [-0.25, -0.2) is 0 Å². The Morgan fingerprint density at radius 3 is 3.06 bits per heavy atom. The van der Waals surface area contributed by atoms with Crippen LogP contribution in [0.25, 0.3) is 10.9 Å². The van der Waals surface area contributed by atoms with Gasteiger partial charge in [0.2, 0.25) is 0 Å². The Kier molecular flexibility index (Phi) is 2.15. The summed E-state index contributed by atoms with van der Waals surface area (Å²) in [6, 6.07) is 6.00. The molecule has 0 saturated carbocycles. The molecule has 0 saturated heterocycles. The third kappa shape index (κ3) is 1.47. The van der Waals surface area contributed by atoms with Crippen molar-refractivity contribution in [2.24, 2.45) is 0 Å². The summed E-state index contributed by atoms with van der Waals surface area (Å²) < 4.78 is 5.87. The maximum absolute atomic E-state index is 5.87. The number of aromatic amines is 1. The van der Waals surface area contributed by atoms with E-state index in [-0.39, 0.29) is 0 Å². The minimum atomic E-state index is 0.877. The minimum absolute atomic E-state index is 0.877. The molecule has 0 bridgehead atoms. The van der Waals surface area contributed by atoms with E-state index in [1.807, 2.05) is 35.9 Å². The number of thiophene rings is 1. The van der Waals surface area contributed by atoms with Gasteiger partial charge >= 0.3 is 0 Å². The number of nitrogens with one attached hydrogen (secondary N) is 1. The van der Waals surface area contributed by atoms with Crippen molar-refractivity contribution in [1.82, 2.24) is 10.2 Å². The Balaban J connectivity index is 2.14. The van der Waals surface area contributed by atoms with Crippen LogP contribution in [0, 0.1) is 6.92 Å². The first-order chi connectivity index (χ1) is 7.84. The molecule has 3 nitrogen and oxygen atoms in total. The van der Waals surface area contributed by atoms with E-state index in [1.54, 1.807) is 17.5 Å². The van der Waals surface area contributed by atoms with Crippen LogP contribution in [0.1, 0.15) is 5.56 Å². The van der Waals surface area contributed by atoms with Gasteiger partial charge in [0, 0.05) is 5.38 Å². The van der Waals surface area contributed by atoms with Crippen molar-refractivity contribution in [3.63, 3.8) is 0 Å². The molecule has 0 fully saturated rings. The van der Waals surface area contributed by atoms with Crippen LogP contribution in [0.3, 0.4) is 0 Å². The molecule has 0 unspecified atom stereocenters. The molecule has 1 N–H and O–H groups in total. The second-order valence-corrected chi connectivity index (χ2v) is 4.38. The summed E-state index contributed by atoms with van der Waals surface area (Å²) >= 11 is 1.62. The van der Waals surface area contributed by atoms with Crippen molar-refractivity contribution in [1.29, 1.82) is 0 Å². The number of nitrogens with zero attached hydrogens (tertiary/aromatic N) is 1. The summed E-state index contributed by atoms with van der Waals surface area (Å²) in [5.74, 6) is 1.76. The molecule has 3 rings (SSSR count). The van der Waals surface area contributed by atoms with Crippen LogP contribution in [-0.2, 0) is 0 Å². The van der Waals surface area contributed by atoms with E-state index in [0.29, 0.717) is 0 Å². The van der Waals surface area contributed by atoms with Gasteiger partial charge < -0.3 is 4.74 Å². The molecule has 0 atom stereocenters. The number of ether oxygens (including phenoxy) is 1. The van der Waals surface area contributed by atoms with Gasteiger partial charge in [0.05, 0.1) is 17.1 Å².